The molecule has 104 valence electrons. The highest BCUT2D eigenvalue weighted by Gasteiger charge is 2.26. The van der Waals surface area contributed by atoms with Crippen molar-refractivity contribution >= 4 is 32.6 Å². The summed E-state index contributed by atoms with van der Waals surface area (Å²) in [6.07, 6.45) is 1.10. The molecule has 0 spiro atoms. The number of rotatable bonds is 2. The number of carbonyl (C=O) groups excluding carboxylic acids is 1. The van der Waals surface area contributed by atoms with Gasteiger partial charge in [-0.1, -0.05) is 28.1 Å². The third-order valence-electron chi connectivity index (χ3n) is 3.81. The second-order valence-corrected chi connectivity index (χ2v) is 6.02. The van der Waals surface area contributed by atoms with E-state index in [0.717, 1.165) is 33.8 Å². The molecule has 1 amide bonds. The summed E-state index contributed by atoms with van der Waals surface area (Å²) in [7, 11) is 1.70. The molecule has 4 heteroatoms. The lowest BCUT2D eigenvalue weighted by Crippen LogP contribution is -2.29. The maximum Gasteiger partial charge on any atom is 0.253 e. The number of nitrogens with zero attached hydrogens (tertiary/aromatic N) is 1. The average Bonchev–Trinajstić information content (AvgIpc) is 2.95. The van der Waals surface area contributed by atoms with Crippen LogP contribution in [0.25, 0.3) is 10.8 Å². The highest BCUT2D eigenvalue weighted by Crippen LogP contribution is 2.22. The quantitative estimate of drug-likeness (QED) is 0.842. The molecule has 0 bridgehead atoms. The topological polar surface area (TPSA) is 29.5 Å². The zero-order chi connectivity index (χ0) is 14.1. The van der Waals surface area contributed by atoms with Crippen molar-refractivity contribution in [2.45, 2.75) is 12.5 Å². The van der Waals surface area contributed by atoms with Crippen LogP contribution in [-0.4, -0.2) is 37.1 Å². The molecule has 1 heterocycles. The largest absolute Gasteiger partial charge is 0.380 e. The lowest BCUT2D eigenvalue weighted by atomic mass is 10.1. The van der Waals surface area contributed by atoms with Crippen molar-refractivity contribution in [3.8, 4) is 0 Å². The molecule has 1 unspecified atom stereocenters. The smallest absolute Gasteiger partial charge is 0.253 e. The van der Waals surface area contributed by atoms with Gasteiger partial charge in [-0.15, -0.1) is 0 Å². The van der Waals surface area contributed by atoms with E-state index in [0.29, 0.717) is 6.54 Å². The Balaban J connectivity index is 1.87. The fraction of sp³-hybridized carbons (Fsp3) is 0.312. The molecule has 20 heavy (non-hydrogen) atoms. The first-order valence-electron chi connectivity index (χ1n) is 6.69. The third-order valence-corrected chi connectivity index (χ3v) is 4.31. The number of likely N-dealkylation sites (tertiary alicyclic amines) is 1. The molecule has 1 aliphatic heterocycles. The molecule has 2 aromatic rings. The lowest BCUT2D eigenvalue weighted by molar-refractivity contribution is 0.0724. The molecule has 0 radical (unpaired) electrons. The van der Waals surface area contributed by atoms with Gasteiger partial charge < -0.3 is 9.64 Å². The SMILES string of the molecule is COC1CCN(C(=O)c2ccc3cc(Br)ccc3c2)C1. The van der Waals surface area contributed by atoms with Crippen LogP contribution in [0.4, 0.5) is 0 Å². The molecule has 1 aliphatic rings. The van der Waals surface area contributed by atoms with Gasteiger partial charge in [-0.05, 0) is 41.5 Å². The maximum atomic E-state index is 12.5. The number of hydrogen-bond acceptors (Lipinski definition) is 2. The Morgan fingerprint density at radius 2 is 2.00 bits per heavy atom. The van der Waals surface area contributed by atoms with Gasteiger partial charge in [0.1, 0.15) is 0 Å². The molecule has 0 saturated carbocycles. The number of carbonyl (C=O) groups is 1. The molecule has 2 aromatic carbocycles. The van der Waals surface area contributed by atoms with E-state index in [-0.39, 0.29) is 12.0 Å². The lowest BCUT2D eigenvalue weighted by Gasteiger charge is -2.16. The van der Waals surface area contributed by atoms with E-state index in [4.69, 9.17) is 4.74 Å². The minimum Gasteiger partial charge on any atom is -0.380 e. The van der Waals surface area contributed by atoms with Gasteiger partial charge in [-0.3, -0.25) is 4.79 Å². The fourth-order valence-corrected chi connectivity index (χ4v) is 3.02. The molecule has 3 nitrogen and oxygen atoms in total. The fourth-order valence-electron chi connectivity index (χ4n) is 2.64. The average molecular weight is 334 g/mol. The Labute approximate surface area is 126 Å². The monoisotopic (exact) mass is 333 g/mol. The molecule has 1 saturated heterocycles. The number of benzene rings is 2. The van der Waals surface area contributed by atoms with Crippen LogP contribution < -0.4 is 0 Å². The van der Waals surface area contributed by atoms with Crippen LogP contribution in [0.15, 0.2) is 40.9 Å². The summed E-state index contributed by atoms with van der Waals surface area (Å²) in [6.45, 7) is 1.46. The van der Waals surface area contributed by atoms with Crippen LogP contribution >= 0.6 is 15.9 Å². The van der Waals surface area contributed by atoms with Crippen LogP contribution in [0.1, 0.15) is 16.8 Å². The highest BCUT2D eigenvalue weighted by molar-refractivity contribution is 9.10. The molecular formula is C16H16BrNO2. The van der Waals surface area contributed by atoms with E-state index in [1.54, 1.807) is 7.11 Å². The summed E-state index contributed by atoms with van der Waals surface area (Å²) in [5.41, 5.74) is 0.747. The van der Waals surface area contributed by atoms with Gasteiger partial charge in [0.25, 0.3) is 5.91 Å². The molecule has 0 aromatic heterocycles. The van der Waals surface area contributed by atoms with Crippen LogP contribution in [0, 0.1) is 0 Å². The molecule has 0 N–H and O–H groups in total. The van der Waals surface area contributed by atoms with E-state index in [9.17, 15) is 4.79 Å². The molecule has 1 atom stereocenters. The summed E-state index contributed by atoms with van der Waals surface area (Å²) in [6, 6.07) is 11.9. The minimum absolute atomic E-state index is 0.0920. The van der Waals surface area contributed by atoms with Crippen molar-refractivity contribution in [1.29, 1.82) is 0 Å². The van der Waals surface area contributed by atoms with Gasteiger partial charge in [-0.25, -0.2) is 0 Å². The van der Waals surface area contributed by atoms with Crippen molar-refractivity contribution < 1.29 is 9.53 Å². The second kappa shape index (κ2) is 5.54. The van der Waals surface area contributed by atoms with Crippen molar-refractivity contribution in [1.82, 2.24) is 4.90 Å². The first kappa shape index (κ1) is 13.6. The standard InChI is InChI=1S/C16H16BrNO2/c1-20-15-6-7-18(10-15)16(19)13-3-2-12-9-14(17)5-4-11(12)8-13/h2-5,8-9,15H,6-7,10H2,1H3. The number of halogens is 1. The Morgan fingerprint density at radius 3 is 2.75 bits per heavy atom. The van der Waals surface area contributed by atoms with Gasteiger partial charge in [0.15, 0.2) is 0 Å². The first-order valence-corrected chi connectivity index (χ1v) is 7.48. The Morgan fingerprint density at radius 1 is 1.25 bits per heavy atom. The third kappa shape index (κ3) is 2.58. The summed E-state index contributed by atoms with van der Waals surface area (Å²) in [5, 5.41) is 2.22. The number of hydrogen-bond donors (Lipinski definition) is 0. The Hall–Kier alpha value is -1.39. The molecule has 3 rings (SSSR count). The molecule has 1 fully saturated rings. The van der Waals surface area contributed by atoms with Crippen molar-refractivity contribution in [3.05, 3.63) is 46.4 Å². The van der Waals surface area contributed by atoms with Crippen LogP contribution in [0.3, 0.4) is 0 Å². The number of amides is 1. The van der Waals surface area contributed by atoms with Gasteiger partial charge >= 0.3 is 0 Å². The van der Waals surface area contributed by atoms with Gasteiger partial charge in [-0.2, -0.15) is 0 Å². The number of methoxy groups -OCH3 is 1. The van der Waals surface area contributed by atoms with E-state index in [2.05, 4.69) is 22.0 Å². The van der Waals surface area contributed by atoms with Crippen molar-refractivity contribution in [2.24, 2.45) is 0 Å². The van der Waals surface area contributed by atoms with Gasteiger partial charge in [0, 0.05) is 30.2 Å². The molecule has 0 aliphatic carbocycles. The van der Waals surface area contributed by atoms with Crippen molar-refractivity contribution in [2.75, 3.05) is 20.2 Å². The van der Waals surface area contributed by atoms with E-state index < -0.39 is 0 Å². The Bertz CT molecular complexity index is 656. The predicted octanol–water partition coefficient (Wildman–Crippen LogP) is 3.46. The summed E-state index contributed by atoms with van der Waals surface area (Å²) < 4.78 is 6.36. The highest BCUT2D eigenvalue weighted by atomic mass is 79.9. The van der Waals surface area contributed by atoms with E-state index in [1.807, 2.05) is 35.2 Å². The van der Waals surface area contributed by atoms with Crippen LogP contribution in [0.2, 0.25) is 0 Å². The number of ether oxygens (including phenoxy) is 1. The van der Waals surface area contributed by atoms with Crippen LogP contribution in [0.5, 0.6) is 0 Å². The predicted molar refractivity (Wildman–Crippen MR) is 83.0 cm³/mol. The number of fused-ring (bicyclic) bond motifs is 1. The second-order valence-electron chi connectivity index (χ2n) is 5.10. The first-order chi connectivity index (χ1) is 9.67. The Kier molecular flexibility index (Phi) is 3.76. The summed E-state index contributed by atoms with van der Waals surface area (Å²) in [4.78, 5) is 14.3. The molecular weight excluding hydrogens is 318 g/mol. The van der Waals surface area contributed by atoms with Gasteiger partial charge in [0.2, 0.25) is 0 Å². The minimum atomic E-state index is 0.0920. The van der Waals surface area contributed by atoms with E-state index in [1.165, 1.54) is 0 Å². The zero-order valence-corrected chi connectivity index (χ0v) is 12.9. The summed E-state index contributed by atoms with van der Waals surface area (Å²) >= 11 is 3.46. The van der Waals surface area contributed by atoms with Crippen molar-refractivity contribution in [3.63, 3.8) is 0 Å². The van der Waals surface area contributed by atoms with Crippen LogP contribution in [-0.2, 0) is 4.74 Å². The normalized spacial score (nSPS) is 18.7. The maximum absolute atomic E-state index is 12.5. The summed E-state index contributed by atoms with van der Waals surface area (Å²) in [5.74, 6) is 0.0920. The zero-order valence-electron chi connectivity index (χ0n) is 11.3. The van der Waals surface area contributed by atoms with E-state index >= 15 is 0 Å². The van der Waals surface area contributed by atoms with Gasteiger partial charge in [0.05, 0.1) is 6.10 Å².